The molecule has 2 fully saturated rings. The Labute approximate surface area is 143 Å². The quantitative estimate of drug-likeness (QED) is 0.818. The Morgan fingerprint density at radius 3 is 2.46 bits per heavy atom. The number of ether oxygens (including phenoxy) is 1. The molecule has 0 bridgehead atoms. The van der Waals surface area contributed by atoms with E-state index in [0.717, 1.165) is 18.4 Å². The molecule has 6 nitrogen and oxygen atoms in total. The van der Waals surface area contributed by atoms with Crippen molar-refractivity contribution >= 4 is 15.9 Å². The summed E-state index contributed by atoms with van der Waals surface area (Å²) < 4.78 is 31.4. The van der Waals surface area contributed by atoms with Crippen LogP contribution >= 0.6 is 0 Å². The smallest absolute Gasteiger partial charge is 0.253 e. The summed E-state index contributed by atoms with van der Waals surface area (Å²) >= 11 is 0. The van der Waals surface area contributed by atoms with E-state index in [9.17, 15) is 13.2 Å². The fraction of sp³-hybridized carbons (Fsp3) is 0.588. The third-order valence-corrected chi connectivity index (χ3v) is 6.07. The number of carbonyl (C=O) groups excluding carboxylic acids is 1. The molecule has 1 aromatic carbocycles. The van der Waals surface area contributed by atoms with Crippen molar-refractivity contribution in [2.24, 2.45) is 0 Å². The highest BCUT2D eigenvalue weighted by Crippen LogP contribution is 2.26. The van der Waals surface area contributed by atoms with Crippen LogP contribution in [0.5, 0.6) is 0 Å². The van der Waals surface area contributed by atoms with Gasteiger partial charge in [0.2, 0.25) is 10.0 Å². The van der Waals surface area contributed by atoms with Crippen LogP contribution in [0.2, 0.25) is 0 Å². The Hall–Kier alpha value is -1.44. The minimum atomic E-state index is -3.31. The molecule has 1 aromatic rings. The monoisotopic (exact) mass is 352 g/mol. The number of rotatable bonds is 4. The predicted octanol–water partition coefficient (Wildman–Crippen LogP) is 1.26. The fourth-order valence-corrected chi connectivity index (χ4v) is 4.95. The van der Waals surface area contributed by atoms with Crippen LogP contribution in [0.3, 0.4) is 0 Å². The first kappa shape index (κ1) is 17.4. The molecular formula is C17H24N2O4S. The first-order valence-corrected chi connectivity index (χ1v) is 10.1. The van der Waals surface area contributed by atoms with Crippen molar-refractivity contribution in [1.29, 1.82) is 0 Å². The molecule has 2 aliphatic heterocycles. The van der Waals surface area contributed by atoms with Gasteiger partial charge in [-0.2, -0.15) is 4.31 Å². The number of hydrogen-bond acceptors (Lipinski definition) is 4. The second-order valence-electron chi connectivity index (χ2n) is 6.67. The van der Waals surface area contributed by atoms with Gasteiger partial charge in [-0.3, -0.25) is 4.79 Å². The molecule has 0 atom stereocenters. The van der Waals surface area contributed by atoms with E-state index < -0.39 is 10.0 Å². The third-order valence-electron chi connectivity index (χ3n) is 4.71. The van der Waals surface area contributed by atoms with Gasteiger partial charge in [-0.1, -0.05) is 17.7 Å². The molecule has 0 radical (unpaired) electrons. The zero-order valence-corrected chi connectivity index (χ0v) is 15.0. The molecular weight excluding hydrogens is 328 g/mol. The van der Waals surface area contributed by atoms with Crippen molar-refractivity contribution in [1.82, 2.24) is 9.21 Å². The minimum absolute atomic E-state index is 0.0185. The highest BCUT2D eigenvalue weighted by Gasteiger charge is 2.42. The van der Waals surface area contributed by atoms with E-state index in [1.54, 1.807) is 15.3 Å². The summed E-state index contributed by atoms with van der Waals surface area (Å²) in [6.45, 7) is 4.05. The van der Waals surface area contributed by atoms with Crippen molar-refractivity contribution in [3.05, 3.63) is 35.4 Å². The first-order chi connectivity index (χ1) is 11.4. The average molecular weight is 352 g/mol. The summed E-state index contributed by atoms with van der Waals surface area (Å²) in [4.78, 5) is 14.2. The second kappa shape index (κ2) is 6.82. The molecule has 2 heterocycles. The highest BCUT2D eigenvalue weighted by molar-refractivity contribution is 7.88. The maximum Gasteiger partial charge on any atom is 0.253 e. The van der Waals surface area contributed by atoms with E-state index in [4.69, 9.17) is 4.74 Å². The maximum atomic E-state index is 12.5. The minimum Gasteiger partial charge on any atom is -0.381 e. The van der Waals surface area contributed by atoms with Gasteiger partial charge in [-0.25, -0.2) is 8.42 Å². The lowest BCUT2D eigenvalue weighted by atomic mass is 10.0. The van der Waals surface area contributed by atoms with Gasteiger partial charge in [0.25, 0.3) is 5.91 Å². The number of aryl methyl sites for hydroxylation is 1. The summed E-state index contributed by atoms with van der Waals surface area (Å²) in [7, 11) is -3.31. The number of sulfonamides is 1. The Morgan fingerprint density at radius 1 is 1.21 bits per heavy atom. The fourth-order valence-electron chi connectivity index (χ4n) is 3.52. The van der Waals surface area contributed by atoms with Crippen molar-refractivity contribution in [3.8, 4) is 0 Å². The number of hydrogen-bond donors (Lipinski definition) is 0. The number of carbonyl (C=O) groups is 1. The standard InChI is InChI=1S/C17H24N2O4S/c1-13-4-3-5-14(10-13)17(20)18-11-16(12-18)19(24(2,21)22)15-6-8-23-9-7-15/h3-5,10,15-16H,6-9,11-12H2,1-2H3. The molecule has 0 N–H and O–H groups in total. The van der Waals surface area contributed by atoms with Crippen LogP contribution in [0.4, 0.5) is 0 Å². The van der Waals surface area contributed by atoms with Gasteiger partial charge in [0, 0.05) is 37.9 Å². The summed E-state index contributed by atoms with van der Waals surface area (Å²) in [6.07, 6.45) is 2.69. The zero-order chi connectivity index (χ0) is 17.3. The summed E-state index contributed by atoms with van der Waals surface area (Å²) in [5.41, 5.74) is 1.70. The van der Waals surface area contributed by atoms with Gasteiger partial charge in [0.05, 0.1) is 12.3 Å². The molecule has 0 spiro atoms. The van der Waals surface area contributed by atoms with Gasteiger partial charge in [-0.15, -0.1) is 0 Å². The van der Waals surface area contributed by atoms with E-state index in [-0.39, 0.29) is 18.0 Å². The average Bonchev–Trinajstić information content (AvgIpc) is 2.49. The Balaban J connectivity index is 1.67. The van der Waals surface area contributed by atoms with E-state index in [1.165, 1.54) is 6.26 Å². The van der Waals surface area contributed by atoms with Crippen LogP contribution in [0, 0.1) is 6.92 Å². The molecule has 24 heavy (non-hydrogen) atoms. The zero-order valence-electron chi connectivity index (χ0n) is 14.1. The van der Waals surface area contributed by atoms with Crippen molar-refractivity contribution in [2.45, 2.75) is 31.8 Å². The van der Waals surface area contributed by atoms with E-state index >= 15 is 0 Å². The molecule has 7 heteroatoms. The largest absolute Gasteiger partial charge is 0.381 e. The SMILES string of the molecule is Cc1cccc(C(=O)N2CC(N(C3CCOCC3)S(C)(=O)=O)C2)c1. The Bertz CT molecular complexity index is 707. The van der Waals surface area contributed by atoms with E-state index in [1.807, 2.05) is 25.1 Å². The van der Waals surface area contributed by atoms with Crippen LogP contribution in [-0.4, -0.2) is 68.2 Å². The number of benzene rings is 1. The molecule has 0 unspecified atom stereocenters. The molecule has 1 amide bonds. The Morgan fingerprint density at radius 2 is 1.88 bits per heavy atom. The lowest BCUT2D eigenvalue weighted by Gasteiger charge is -2.47. The van der Waals surface area contributed by atoms with Gasteiger partial charge in [0.15, 0.2) is 0 Å². The van der Waals surface area contributed by atoms with Gasteiger partial charge < -0.3 is 9.64 Å². The van der Waals surface area contributed by atoms with Gasteiger partial charge in [0.1, 0.15) is 0 Å². The summed E-state index contributed by atoms with van der Waals surface area (Å²) in [6, 6.07) is 7.33. The second-order valence-corrected chi connectivity index (χ2v) is 8.56. The number of nitrogens with zero attached hydrogens (tertiary/aromatic N) is 2. The molecule has 3 rings (SSSR count). The molecule has 2 saturated heterocycles. The van der Waals surface area contributed by atoms with Gasteiger partial charge >= 0.3 is 0 Å². The van der Waals surface area contributed by atoms with Crippen molar-refractivity contribution in [3.63, 3.8) is 0 Å². The van der Waals surface area contributed by atoms with E-state index in [0.29, 0.717) is 31.9 Å². The molecule has 0 saturated carbocycles. The van der Waals surface area contributed by atoms with Crippen LogP contribution in [0.15, 0.2) is 24.3 Å². The normalized spacial score (nSPS) is 20.2. The van der Waals surface area contributed by atoms with Crippen LogP contribution < -0.4 is 0 Å². The lowest BCUT2D eigenvalue weighted by Crippen LogP contribution is -2.64. The molecule has 0 aromatic heterocycles. The summed E-state index contributed by atoms with van der Waals surface area (Å²) in [5.74, 6) is -0.0321. The highest BCUT2D eigenvalue weighted by atomic mass is 32.2. The molecule has 2 aliphatic rings. The molecule has 0 aliphatic carbocycles. The number of amides is 1. The Kier molecular flexibility index (Phi) is 4.94. The summed E-state index contributed by atoms with van der Waals surface area (Å²) in [5, 5.41) is 0. The molecule has 132 valence electrons. The topological polar surface area (TPSA) is 66.9 Å². The van der Waals surface area contributed by atoms with Crippen molar-refractivity contribution < 1.29 is 17.9 Å². The van der Waals surface area contributed by atoms with Gasteiger partial charge in [-0.05, 0) is 31.9 Å². The maximum absolute atomic E-state index is 12.5. The van der Waals surface area contributed by atoms with Crippen LogP contribution in [0.1, 0.15) is 28.8 Å². The van der Waals surface area contributed by atoms with Crippen LogP contribution in [0.25, 0.3) is 0 Å². The number of likely N-dealkylation sites (tertiary alicyclic amines) is 1. The first-order valence-electron chi connectivity index (χ1n) is 8.28. The van der Waals surface area contributed by atoms with Crippen LogP contribution in [-0.2, 0) is 14.8 Å². The van der Waals surface area contributed by atoms with E-state index in [2.05, 4.69) is 0 Å². The third kappa shape index (κ3) is 3.63. The van der Waals surface area contributed by atoms with Crippen molar-refractivity contribution in [2.75, 3.05) is 32.6 Å². The lowest BCUT2D eigenvalue weighted by molar-refractivity contribution is 0.0125. The predicted molar refractivity (Wildman–Crippen MR) is 91.4 cm³/mol.